The van der Waals surface area contributed by atoms with Crippen molar-refractivity contribution >= 4 is 51.4 Å². The first-order chi connectivity index (χ1) is 20.9. The maximum atomic E-state index is 13.3. The first-order valence-corrected chi connectivity index (χ1v) is 14.2. The van der Waals surface area contributed by atoms with Gasteiger partial charge in [-0.25, -0.2) is 4.79 Å². The highest BCUT2D eigenvalue weighted by Gasteiger charge is 2.33. The minimum atomic E-state index is -1.41. The van der Waals surface area contributed by atoms with Gasteiger partial charge in [-0.05, 0) is 35.6 Å². The second-order valence-electron chi connectivity index (χ2n) is 11.1. The normalized spacial score (nSPS) is 14.1. The Bertz CT molecular complexity index is 1680. The number of para-hydroxylation sites is 2. The van der Waals surface area contributed by atoms with Crippen molar-refractivity contribution in [2.45, 2.75) is 57.3 Å². The molecule has 2 aromatic heterocycles. The third-order valence-electron chi connectivity index (χ3n) is 7.45. The van der Waals surface area contributed by atoms with E-state index in [9.17, 15) is 29.1 Å². The van der Waals surface area contributed by atoms with Crippen LogP contribution in [0.3, 0.4) is 0 Å². The number of carboxylic acids is 1. The van der Waals surface area contributed by atoms with E-state index in [1.54, 1.807) is 26.2 Å². The van der Waals surface area contributed by atoms with Crippen molar-refractivity contribution in [3.05, 3.63) is 72.1 Å². The van der Waals surface area contributed by atoms with Gasteiger partial charge < -0.3 is 42.5 Å². The molecule has 0 aliphatic rings. The number of rotatable bonds is 14. The van der Waals surface area contributed by atoms with Crippen molar-refractivity contribution in [1.29, 1.82) is 0 Å². The lowest BCUT2D eigenvalue weighted by Gasteiger charge is -2.26. The fraction of sp³-hybridized carbons (Fsp3) is 0.323. The van der Waals surface area contributed by atoms with Crippen LogP contribution in [0.5, 0.6) is 0 Å². The van der Waals surface area contributed by atoms with E-state index in [-0.39, 0.29) is 12.8 Å². The lowest BCUT2D eigenvalue weighted by Crippen LogP contribution is -2.59. The van der Waals surface area contributed by atoms with Crippen LogP contribution in [-0.4, -0.2) is 68.8 Å². The van der Waals surface area contributed by atoms with Crippen LogP contribution in [0, 0.1) is 5.92 Å². The van der Waals surface area contributed by atoms with Crippen molar-refractivity contribution in [3.63, 3.8) is 0 Å². The van der Waals surface area contributed by atoms with Gasteiger partial charge in [0.05, 0.1) is 12.5 Å². The first-order valence-electron chi connectivity index (χ1n) is 14.2. The fourth-order valence-electron chi connectivity index (χ4n) is 5.09. The molecule has 4 rings (SSSR count). The number of carbonyl (C=O) groups excluding carboxylic acids is 4. The van der Waals surface area contributed by atoms with Crippen LogP contribution in [0.15, 0.2) is 60.9 Å². The zero-order valence-electron chi connectivity index (χ0n) is 24.4. The number of aliphatic carboxylic acids is 1. The van der Waals surface area contributed by atoms with E-state index in [0.29, 0.717) is 5.56 Å². The molecule has 0 aliphatic carbocycles. The van der Waals surface area contributed by atoms with Crippen LogP contribution in [0.2, 0.25) is 0 Å². The predicted octanol–water partition coefficient (Wildman–Crippen LogP) is 0.832. The zero-order valence-corrected chi connectivity index (χ0v) is 24.4. The summed E-state index contributed by atoms with van der Waals surface area (Å²) in [7, 11) is 0. The molecule has 2 heterocycles. The number of primary amides is 1. The Hall–Kier alpha value is -5.17. The molecular formula is C31H37N7O6. The second kappa shape index (κ2) is 13.9. The van der Waals surface area contributed by atoms with E-state index in [1.165, 1.54) is 0 Å². The number of aromatic nitrogens is 2. The van der Waals surface area contributed by atoms with Gasteiger partial charge in [0.15, 0.2) is 0 Å². The summed E-state index contributed by atoms with van der Waals surface area (Å²) in [6, 6.07) is 9.96. The highest BCUT2D eigenvalue weighted by atomic mass is 16.4. The van der Waals surface area contributed by atoms with Crippen LogP contribution < -0.4 is 27.4 Å². The van der Waals surface area contributed by atoms with Crippen LogP contribution >= 0.6 is 0 Å². The summed E-state index contributed by atoms with van der Waals surface area (Å²) < 4.78 is 0. The van der Waals surface area contributed by atoms with Crippen molar-refractivity contribution in [2.24, 2.45) is 17.4 Å². The largest absolute Gasteiger partial charge is 0.480 e. The Morgan fingerprint density at radius 1 is 0.750 bits per heavy atom. The maximum absolute atomic E-state index is 13.3. The number of hydrogen-bond acceptors (Lipinski definition) is 6. The number of benzene rings is 2. The summed E-state index contributed by atoms with van der Waals surface area (Å²) in [5.74, 6) is -4.84. The number of fused-ring (bicyclic) bond motifs is 2. The lowest BCUT2D eigenvalue weighted by atomic mass is 10.00. The minimum Gasteiger partial charge on any atom is -0.480 e. The van der Waals surface area contributed by atoms with Gasteiger partial charge in [0.25, 0.3) is 0 Å². The number of nitrogens with one attached hydrogen (secondary N) is 5. The summed E-state index contributed by atoms with van der Waals surface area (Å²) in [5.41, 5.74) is 14.7. The van der Waals surface area contributed by atoms with Crippen LogP contribution in [0.25, 0.3) is 21.8 Å². The molecule has 0 spiro atoms. The van der Waals surface area contributed by atoms with E-state index in [4.69, 9.17) is 11.5 Å². The summed E-state index contributed by atoms with van der Waals surface area (Å²) in [5, 5.41) is 19.1. The Morgan fingerprint density at radius 3 is 1.80 bits per heavy atom. The number of carboxylic acid groups (broad SMARTS) is 1. The topological polar surface area (TPSA) is 225 Å². The average molecular weight is 604 g/mol. The first kappa shape index (κ1) is 31.8. The smallest absolute Gasteiger partial charge is 0.326 e. The fourth-order valence-corrected chi connectivity index (χ4v) is 5.09. The molecule has 232 valence electrons. The molecule has 44 heavy (non-hydrogen) atoms. The van der Waals surface area contributed by atoms with Crippen LogP contribution in [0.1, 0.15) is 31.4 Å². The van der Waals surface area contributed by atoms with E-state index in [1.807, 2.05) is 48.5 Å². The third kappa shape index (κ3) is 7.61. The molecule has 0 saturated carbocycles. The Kier molecular flexibility index (Phi) is 10.0. The van der Waals surface area contributed by atoms with E-state index in [2.05, 4.69) is 25.9 Å². The molecule has 0 radical (unpaired) electrons. The van der Waals surface area contributed by atoms with Crippen LogP contribution in [-0.2, 0) is 36.8 Å². The molecule has 0 aliphatic heterocycles. The van der Waals surface area contributed by atoms with Gasteiger partial charge >= 0.3 is 5.97 Å². The quantitative estimate of drug-likeness (QED) is 0.103. The molecule has 0 saturated heterocycles. The molecule has 4 unspecified atom stereocenters. The van der Waals surface area contributed by atoms with E-state index < -0.39 is 66.1 Å². The molecule has 2 aromatic carbocycles. The Balaban J connectivity index is 1.43. The maximum Gasteiger partial charge on any atom is 0.326 e. The van der Waals surface area contributed by atoms with Crippen molar-refractivity contribution in [3.8, 4) is 0 Å². The summed E-state index contributed by atoms with van der Waals surface area (Å²) in [6.45, 7) is 3.33. The number of aromatic amines is 2. The highest BCUT2D eigenvalue weighted by Crippen LogP contribution is 2.20. The van der Waals surface area contributed by atoms with Gasteiger partial charge in [-0.3, -0.25) is 19.2 Å². The third-order valence-corrected chi connectivity index (χ3v) is 7.45. The predicted molar refractivity (Wildman–Crippen MR) is 164 cm³/mol. The molecule has 10 N–H and O–H groups in total. The second-order valence-corrected chi connectivity index (χ2v) is 11.1. The van der Waals surface area contributed by atoms with E-state index in [0.717, 1.165) is 27.4 Å². The van der Waals surface area contributed by atoms with Gasteiger partial charge in [0.1, 0.15) is 18.1 Å². The van der Waals surface area contributed by atoms with Gasteiger partial charge in [0, 0.05) is 40.6 Å². The van der Waals surface area contributed by atoms with Gasteiger partial charge in [-0.15, -0.1) is 0 Å². The molecule has 0 fully saturated rings. The van der Waals surface area contributed by atoms with Crippen molar-refractivity contribution in [2.75, 3.05) is 0 Å². The van der Waals surface area contributed by atoms with E-state index >= 15 is 0 Å². The number of H-pyrrole nitrogens is 2. The summed E-state index contributed by atoms with van der Waals surface area (Å²) in [4.78, 5) is 69.6. The van der Waals surface area contributed by atoms with Crippen LogP contribution in [0.4, 0.5) is 0 Å². The van der Waals surface area contributed by atoms with Gasteiger partial charge in [0.2, 0.25) is 23.6 Å². The average Bonchev–Trinajstić information content (AvgIpc) is 3.58. The molecule has 4 amide bonds. The number of nitrogens with two attached hydrogens (primary N) is 2. The standard InChI is InChI=1S/C31H37N7O6/c1-16(2)27(30(42)37-25(31(43)44)12-18-15-35-23-10-6-4-8-20(18)23)38-29(41)24(13-26(33)39)36-28(40)21(32)11-17-14-34-22-9-5-3-7-19(17)22/h3-10,14-16,21,24-25,27,34-35H,11-13,32H2,1-2H3,(H2,33,39)(H,36,40)(H,37,42)(H,38,41)(H,43,44). The zero-order chi connectivity index (χ0) is 32.0. The molecule has 0 bridgehead atoms. The number of carbonyl (C=O) groups is 5. The molecule has 4 aromatic rings. The molecule has 13 heteroatoms. The number of hydrogen-bond donors (Lipinski definition) is 8. The molecule has 4 atom stereocenters. The summed E-state index contributed by atoms with van der Waals surface area (Å²) in [6.07, 6.45) is 3.06. The highest BCUT2D eigenvalue weighted by molar-refractivity contribution is 5.96. The van der Waals surface area contributed by atoms with Crippen molar-refractivity contribution in [1.82, 2.24) is 25.9 Å². The Morgan fingerprint density at radius 2 is 1.27 bits per heavy atom. The molecule has 13 nitrogen and oxygen atoms in total. The number of amides is 4. The molecular weight excluding hydrogens is 566 g/mol. The van der Waals surface area contributed by atoms with Gasteiger partial charge in [-0.1, -0.05) is 50.2 Å². The Labute approximate surface area is 253 Å². The SMILES string of the molecule is CC(C)C(NC(=O)C(CC(N)=O)NC(=O)C(N)Cc1c[nH]c2ccccc12)C(=O)NC(Cc1c[nH]c2ccccc12)C(=O)O. The lowest BCUT2D eigenvalue weighted by molar-refractivity contribution is -0.142. The van der Waals surface area contributed by atoms with Gasteiger partial charge in [-0.2, -0.15) is 0 Å². The minimum absolute atomic E-state index is 0.00146. The van der Waals surface area contributed by atoms with Crippen molar-refractivity contribution < 1.29 is 29.1 Å². The monoisotopic (exact) mass is 603 g/mol. The summed E-state index contributed by atoms with van der Waals surface area (Å²) >= 11 is 0.